The van der Waals surface area contributed by atoms with Gasteiger partial charge in [-0.25, -0.2) is 9.67 Å². The Morgan fingerprint density at radius 2 is 2.00 bits per heavy atom. The Balaban J connectivity index is 1.70. The molecule has 0 radical (unpaired) electrons. The van der Waals surface area contributed by atoms with Crippen LogP contribution in [0.5, 0.6) is 0 Å². The van der Waals surface area contributed by atoms with E-state index in [0.29, 0.717) is 22.4 Å². The summed E-state index contributed by atoms with van der Waals surface area (Å²) >= 11 is 12.0. The first-order valence-corrected chi connectivity index (χ1v) is 9.30. The fourth-order valence-electron chi connectivity index (χ4n) is 3.32. The molecule has 0 unspecified atom stereocenters. The number of hydrogen-bond acceptors (Lipinski definition) is 4. The van der Waals surface area contributed by atoms with Gasteiger partial charge in [0.15, 0.2) is 16.8 Å². The number of nitrogens with one attached hydrogen (secondary N) is 2. The van der Waals surface area contributed by atoms with E-state index in [9.17, 15) is 0 Å². The summed E-state index contributed by atoms with van der Waals surface area (Å²) in [4.78, 5) is 4.13. The Hall–Kier alpha value is -2.90. The molecule has 4 rings (SSSR count). The smallest absolute Gasteiger partial charge is 0.157 e. The standard InChI is InChI=1S/C19H17Cl2N7/c1-11-7-16(21)25-28(11)17(23-10-22)9-14-8-15-18(27(2)26-19(15)24-14)12-3-5-13(20)6-4-12/h3-7,9-10,22H,8H2,1-2H3,(H,24,26)/b14-9+,22-10?,23-17+. The molecular formula is C19H17Cl2N7. The topological polar surface area (TPSA) is 83.9 Å². The molecule has 2 aromatic heterocycles. The van der Waals surface area contributed by atoms with E-state index in [2.05, 4.69) is 20.5 Å². The highest BCUT2D eigenvalue weighted by Gasteiger charge is 2.25. The molecule has 0 bridgehead atoms. The van der Waals surface area contributed by atoms with E-state index < -0.39 is 0 Å². The Morgan fingerprint density at radius 1 is 1.25 bits per heavy atom. The molecule has 0 amide bonds. The number of aryl methyl sites for hydroxylation is 2. The van der Waals surface area contributed by atoms with Crippen LogP contribution in [0.15, 0.2) is 47.1 Å². The summed E-state index contributed by atoms with van der Waals surface area (Å²) in [6, 6.07) is 9.45. The maximum Gasteiger partial charge on any atom is 0.157 e. The summed E-state index contributed by atoms with van der Waals surface area (Å²) in [7, 11) is 1.92. The fourth-order valence-corrected chi connectivity index (χ4v) is 3.68. The van der Waals surface area contributed by atoms with E-state index in [1.165, 1.54) is 0 Å². The molecule has 1 aromatic carbocycles. The second kappa shape index (κ2) is 7.26. The Labute approximate surface area is 171 Å². The van der Waals surface area contributed by atoms with Crippen LogP contribution in [-0.4, -0.2) is 31.7 Å². The zero-order chi connectivity index (χ0) is 19.8. The van der Waals surface area contributed by atoms with Gasteiger partial charge >= 0.3 is 0 Å². The first-order chi connectivity index (χ1) is 13.5. The quantitative estimate of drug-likeness (QED) is 0.495. The van der Waals surface area contributed by atoms with Crippen molar-refractivity contribution in [3.63, 3.8) is 0 Å². The van der Waals surface area contributed by atoms with Crippen molar-refractivity contribution in [2.24, 2.45) is 12.0 Å². The van der Waals surface area contributed by atoms with Gasteiger partial charge in [-0.15, -0.1) is 0 Å². The lowest BCUT2D eigenvalue weighted by Crippen LogP contribution is -2.15. The Morgan fingerprint density at radius 3 is 2.64 bits per heavy atom. The minimum atomic E-state index is 0.378. The molecule has 0 saturated heterocycles. The van der Waals surface area contributed by atoms with E-state index in [-0.39, 0.29) is 0 Å². The molecule has 1 aliphatic heterocycles. The highest BCUT2D eigenvalue weighted by atomic mass is 35.5. The molecule has 142 valence electrons. The van der Waals surface area contributed by atoms with Gasteiger partial charge in [0.05, 0.1) is 5.69 Å². The first kappa shape index (κ1) is 18.5. The Kier molecular flexibility index (Phi) is 4.78. The SMILES string of the molecule is Cc1cc(Cl)nn1C(/C=C1\Cc2c(nn(C)c2-c2ccc(Cl)cc2)N1)=N/C=N. The van der Waals surface area contributed by atoms with Crippen molar-refractivity contribution in [1.82, 2.24) is 19.6 Å². The molecule has 1 aliphatic rings. The molecule has 0 saturated carbocycles. The number of rotatable bonds is 3. The Bertz CT molecular complexity index is 1120. The number of fused-ring (bicyclic) bond motifs is 1. The summed E-state index contributed by atoms with van der Waals surface area (Å²) in [5, 5.41) is 20.6. The zero-order valence-corrected chi connectivity index (χ0v) is 16.8. The van der Waals surface area contributed by atoms with Crippen LogP contribution in [0.4, 0.5) is 5.82 Å². The molecule has 7 nitrogen and oxygen atoms in total. The molecule has 0 atom stereocenters. The van der Waals surface area contributed by atoms with Gasteiger partial charge in [-0.3, -0.25) is 10.1 Å². The van der Waals surface area contributed by atoms with Crippen molar-refractivity contribution in [3.8, 4) is 11.3 Å². The zero-order valence-electron chi connectivity index (χ0n) is 15.2. The van der Waals surface area contributed by atoms with Crippen LogP contribution in [0.25, 0.3) is 11.3 Å². The maximum atomic E-state index is 7.36. The largest absolute Gasteiger partial charge is 0.342 e. The summed E-state index contributed by atoms with van der Waals surface area (Å²) in [5.74, 6) is 1.31. The van der Waals surface area contributed by atoms with E-state index >= 15 is 0 Å². The van der Waals surface area contributed by atoms with E-state index in [1.807, 2.05) is 49.0 Å². The third-order valence-electron chi connectivity index (χ3n) is 4.48. The van der Waals surface area contributed by atoms with Crippen molar-refractivity contribution >= 4 is 41.2 Å². The van der Waals surface area contributed by atoms with Crippen LogP contribution >= 0.6 is 23.2 Å². The van der Waals surface area contributed by atoms with Crippen molar-refractivity contribution in [3.05, 3.63) is 63.5 Å². The maximum absolute atomic E-state index is 7.36. The number of hydrogen-bond donors (Lipinski definition) is 2. The monoisotopic (exact) mass is 413 g/mol. The number of nitrogens with zero attached hydrogens (tertiary/aromatic N) is 5. The molecule has 3 heterocycles. The molecule has 0 spiro atoms. The average Bonchev–Trinajstić information content (AvgIpc) is 3.27. The minimum absolute atomic E-state index is 0.378. The first-order valence-electron chi connectivity index (χ1n) is 8.55. The molecule has 0 fully saturated rings. The van der Waals surface area contributed by atoms with Crippen molar-refractivity contribution in [2.75, 3.05) is 5.32 Å². The van der Waals surface area contributed by atoms with Gasteiger partial charge in [0.25, 0.3) is 0 Å². The third kappa shape index (κ3) is 3.34. The van der Waals surface area contributed by atoms with Crippen LogP contribution in [-0.2, 0) is 13.5 Å². The van der Waals surface area contributed by atoms with Gasteiger partial charge in [-0.2, -0.15) is 10.2 Å². The van der Waals surface area contributed by atoms with Crippen LogP contribution < -0.4 is 5.32 Å². The van der Waals surface area contributed by atoms with Gasteiger partial charge in [-0.05, 0) is 25.1 Å². The fraction of sp³-hybridized carbons (Fsp3) is 0.158. The van der Waals surface area contributed by atoms with Crippen molar-refractivity contribution in [1.29, 1.82) is 5.41 Å². The van der Waals surface area contributed by atoms with Crippen LogP contribution in [0, 0.1) is 12.3 Å². The van der Waals surface area contributed by atoms with Crippen LogP contribution in [0.1, 0.15) is 11.3 Å². The predicted octanol–water partition coefficient (Wildman–Crippen LogP) is 4.30. The van der Waals surface area contributed by atoms with Crippen molar-refractivity contribution < 1.29 is 0 Å². The normalized spacial score (nSPS) is 15.0. The lowest BCUT2D eigenvalue weighted by Gasteiger charge is -2.07. The summed E-state index contributed by atoms with van der Waals surface area (Å²) < 4.78 is 3.47. The number of aliphatic imine (C=N–C) groups is 1. The van der Waals surface area contributed by atoms with Gasteiger partial charge in [0.2, 0.25) is 0 Å². The van der Waals surface area contributed by atoms with Gasteiger partial charge in [-0.1, -0.05) is 35.3 Å². The molecule has 28 heavy (non-hydrogen) atoms. The van der Waals surface area contributed by atoms with Gasteiger partial charge < -0.3 is 5.32 Å². The second-order valence-corrected chi connectivity index (χ2v) is 7.24. The number of benzene rings is 1. The highest BCUT2D eigenvalue weighted by molar-refractivity contribution is 6.30. The molecular weight excluding hydrogens is 397 g/mol. The highest BCUT2D eigenvalue weighted by Crippen LogP contribution is 2.36. The second-order valence-electron chi connectivity index (χ2n) is 6.41. The summed E-state index contributed by atoms with van der Waals surface area (Å²) in [5.41, 5.74) is 4.93. The van der Waals surface area contributed by atoms with Crippen LogP contribution in [0.3, 0.4) is 0 Å². The van der Waals surface area contributed by atoms with Crippen molar-refractivity contribution in [2.45, 2.75) is 13.3 Å². The molecule has 9 heteroatoms. The number of aromatic nitrogens is 4. The van der Waals surface area contributed by atoms with E-state index in [1.54, 1.807) is 10.7 Å². The van der Waals surface area contributed by atoms with E-state index in [4.69, 9.17) is 28.6 Å². The summed E-state index contributed by atoms with van der Waals surface area (Å²) in [6.45, 7) is 1.88. The van der Waals surface area contributed by atoms with Gasteiger partial charge in [0.1, 0.15) is 6.34 Å². The lowest BCUT2D eigenvalue weighted by atomic mass is 10.1. The predicted molar refractivity (Wildman–Crippen MR) is 113 cm³/mol. The lowest BCUT2D eigenvalue weighted by molar-refractivity contribution is 0.776. The number of allylic oxidation sites excluding steroid dienone is 2. The third-order valence-corrected chi connectivity index (χ3v) is 4.92. The van der Waals surface area contributed by atoms with Crippen LogP contribution in [0.2, 0.25) is 10.2 Å². The number of anilines is 1. The summed E-state index contributed by atoms with van der Waals surface area (Å²) in [6.07, 6.45) is 3.50. The number of halogens is 2. The van der Waals surface area contributed by atoms with Gasteiger partial charge in [0, 0.05) is 47.1 Å². The minimum Gasteiger partial charge on any atom is -0.342 e. The molecule has 0 aliphatic carbocycles. The molecule has 3 aromatic rings. The van der Waals surface area contributed by atoms with E-state index in [0.717, 1.165) is 40.4 Å². The molecule has 2 N–H and O–H groups in total. The average molecular weight is 414 g/mol.